The SMILES string of the molecule is COc1ccc(CCNC(=O)CCCc2ccc(OC)c(OC)c2)c(OC)c1. The molecule has 28 heavy (non-hydrogen) atoms. The Labute approximate surface area is 166 Å². The quantitative estimate of drug-likeness (QED) is 0.640. The van der Waals surface area contributed by atoms with Crippen molar-refractivity contribution in [1.82, 2.24) is 5.32 Å². The van der Waals surface area contributed by atoms with Gasteiger partial charge < -0.3 is 24.3 Å². The number of carbonyl (C=O) groups is 1. The minimum atomic E-state index is 0.0490. The molecule has 0 heterocycles. The fraction of sp³-hybridized carbons (Fsp3) is 0.409. The van der Waals surface area contributed by atoms with Crippen LogP contribution in [-0.2, 0) is 17.6 Å². The van der Waals surface area contributed by atoms with Crippen molar-refractivity contribution in [2.24, 2.45) is 0 Å². The van der Waals surface area contributed by atoms with E-state index < -0.39 is 0 Å². The second-order valence-corrected chi connectivity index (χ2v) is 6.32. The summed E-state index contributed by atoms with van der Waals surface area (Å²) in [5.74, 6) is 2.98. The number of nitrogens with one attached hydrogen (secondary N) is 1. The molecule has 0 aromatic heterocycles. The Hall–Kier alpha value is -2.89. The Morgan fingerprint density at radius 3 is 2.25 bits per heavy atom. The molecule has 0 aliphatic heterocycles. The Morgan fingerprint density at radius 1 is 0.821 bits per heavy atom. The lowest BCUT2D eigenvalue weighted by Gasteiger charge is -2.11. The van der Waals surface area contributed by atoms with Crippen LogP contribution in [0.3, 0.4) is 0 Å². The predicted octanol–water partition coefficient (Wildman–Crippen LogP) is 3.40. The van der Waals surface area contributed by atoms with Crippen molar-refractivity contribution in [2.75, 3.05) is 35.0 Å². The molecule has 2 aromatic carbocycles. The number of hydrogen-bond donors (Lipinski definition) is 1. The van der Waals surface area contributed by atoms with E-state index in [0.717, 1.165) is 35.5 Å². The van der Waals surface area contributed by atoms with E-state index in [1.165, 1.54) is 0 Å². The van der Waals surface area contributed by atoms with Gasteiger partial charge in [-0.25, -0.2) is 0 Å². The van der Waals surface area contributed by atoms with Gasteiger partial charge in [-0.3, -0.25) is 4.79 Å². The molecule has 0 atom stereocenters. The summed E-state index contributed by atoms with van der Waals surface area (Å²) in [7, 11) is 6.48. The Balaban J connectivity index is 1.75. The molecule has 6 heteroatoms. The number of hydrogen-bond acceptors (Lipinski definition) is 5. The first-order valence-corrected chi connectivity index (χ1v) is 9.29. The second-order valence-electron chi connectivity index (χ2n) is 6.32. The lowest BCUT2D eigenvalue weighted by Crippen LogP contribution is -2.25. The minimum absolute atomic E-state index is 0.0490. The van der Waals surface area contributed by atoms with Gasteiger partial charge in [0.1, 0.15) is 11.5 Å². The average Bonchev–Trinajstić information content (AvgIpc) is 2.73. The number of amides is 1. The number of aryl methyl sites for hydroxylation is 1. The van der Waals surface area contributed by atoms with Gasteiger partial charge in [0.2, 0.25) is 5.91 Å². The third-order valence-corrected chi connectivity index (χ3v) is 4.53. The van der Waals surface area contributed by atoms with Crippen LogP contribution in [0.5, 0.6) is 23.0 Å². The van der Waals surface area contributed by atoms with Crippen molar-refractivity contribution in [2.45, 2.75) is 25.7 Å². The molecule has 0 bridgehead atoms. The van der Waals surface area contributed by atoms with E-state index in [9.17, 15) is 4.79 Å². The largest absolute Gasteiger partial charge is 0.497 e. The molecule has 0 saturated heterocycles. The molecule has 0 unspecified atom stereocenters. The van der Waals surface area contributed by atoms with Gasteiger partial charge in [0.15, 0.2) is 11.5 Å². The van der Waals surface area contributed by atoms with Gasteiger partial charge in [-0.05, 0) is 48.6 Å². The summed E-state index contributed by atoms with van der Waals surface area (Å²) in [6.45, 7) is 0.567. The highest BCUT2D eigenvalue weighted by Crippen LogP contribution is 2.28. The van der Waals surface area contributed by atoms with Crippen LogP contribution in [0.15, 0.2) is 36.4 Å². The van der Waals surface area contributed by atoms with Crippen molar-refractivity contribution in [3.05, 3.63) is 47.5 Å². The molecule has 6 nitrogen and oxygen atoms in total. The van der Waals surface area contributed by atoms with E-state index in [1.54, 1.807) is 28.4 Å². The highest BCUT2D eigenvalue weighted by atomic mass is 16.5. The highest BCUT2D eigenvalue weighted by Gasteiger charge is 2.08. The first kappa shape index (κ1) is 21.4. The second kappa shape index (κ2) is 11.1. The van der Waals surface area contributed by atoms with E-state index in [0.29, 0.717) is 30.9 Å². The summed E-state index contributed by atoms with van der Waals surface area (Å²) in [6.07, 6.45) is 2.76. The molecule has 0 radical (unpaired) electrons. The maximum absolute atomic E-state index is 12.1. The summed E-state index contributed by atoms with van der Waals surface area (Å²) in [5, 5.41) is 2.97. The van der Waals surface area contributed by atoms with Gasteiger partial charge in [-0.15, -0.1) is 0 Å². The summed E-state index contributed by atoms with van der Waals surface area (Å²) in [6, 6.07) is 11.5. The number of benzene rings is 2. The Kier molecular flexibility index (Phi) is 8.46. The van der Waals surface area contributed by atoms with Crippen LogP contribution >= 0.6 is 0 Å². The fourth-order valence-corrected chi connectivity index (χ4v) is 2.97. The number of rotatable bonds is 11. The zero-order valence-corrected chi connectivity index (χ0v) is 17.0. The zero-order chi connectivity index (χ0) is 20.4. The molecule has 0 spiro atoms. The zero-order valence-electron chi connectivity index (χ0n) is 17.0. The molecule has 2 aromatic rings. The van der Waals surface area contributed by atoms with Gasteiger partial charge in [-0.1, -0.05) is 12.1 Å². The van der Waals surface area contributed by atoms with Gasteiger partial charge in [0, 0.05) is 19.0 Å². The van der Waals surface area contributed by atoms with E-state index in [2.05, 4.69) is 5.32 Å². The van der Waals surface area contributed by atoms with Gasteiger partial charge in [-0.2, -0.15) is 0 Å². The smallest absolute Gasteiger partial charge is 0.220 e. The van der Waals surface area contributed by atoms with E-state index in [-0.39, 0.29) is 5.91 Å². The summed E-state index contributed by atoms with van der Waals surface area (Å²) in [5.41, 5.74) is 2.15. The molecule has 0 aliphatic rings. The molecule has 152 valence electrons. The molecule has 2 rings (SSSR count). The first-order valence-electron chi connectivity index (χ1n) is 9.29. The van der Waals surface area contributed by atoms with Crippen LogP contribution < -0.4 is 24.3 Å². The summed E-state index contributed by atoms with van der Waals surface area (Å²) >= 11 is 0. The number of methoxy groups -OCH3 is 4. The van der Waals surface area contributed by atoms with Crippen molar-refractivity contribution in [1.29, 1.82) is 0 Å². The van der Waals surface area contributed by atoms with Crippen LogP contribution in [-0.4, -0.2) is 40.9 Å². The Morgan fingerprint density at radius 2 is 1.57 bits per heavy atom. The maximum atomic E-state index is 12.1. The molecular weight excluding hydrogens is 358 g/mol. The molecule has 1 N–H and O–H groups in total. The third-order valence-electron chi connectivity index (χ3n) is 4.53. The van der Waals surface area contributed by atoms with Crippen molar-refractivity contribution in [3.8, 4) is 23.0 Å². The molecular formula is C22H29NO5. The normalized spacial score (nSPS) is 10.3. The predicted molar refractivity (Wildman–Crippen MR) is 109 cm³/mol. The number of ether oxygens (including phenoxy) is 4. The summed E-state index contributed by atoms with van der Waals surface area (Å²) < 4.78 is 21.1. The van der Waals surface area contributed by atoms with Crippen LogP contribution in [0.2, 0.25) is 0 Å². The van der Waals surface area contributed by atoms with Gasteiger partial charge >= 0.3 is 0 Å². The number of carbonyl (C=O) groups excluding carboxylic acids is 1. The first-order chi connectivity index (χ1) is 13.6. The molecule has 1 amide bonds. The lowest BCUT2D eigenvalue weighted by atomic mass is 10.1. The maximum Gasteiger partial charge on any atom is 0.220 e. The van der Waals surface area contributed by atoms with Gasteiger partial charge in [0.25, 0.3) is 0 Å². The minimum Gasteiger partial charge on any atom is -0.497 e. The molecule has 0 saturated carbocycles. The van der Waals surface area contributed by atoms with E-state index >= 15 is 0 Å². The van der Waals surface area contributed by atoms with E-state index in [4.69, 9.17) is 18.9 Å². The van der Waals surface area contributed by atoms with Gasteiger partial charge in [0.05, 0.1) is 28.4 Å². The lowest BCUT2D eigenvalue weighted by molar-refractivity contribution is -0.121. The van der Waals surface area contributed by atoms with Crippen LogP contribution in [0.25, 0.3) is 0 Å². The van der Waals surface area contributed by atoms with Crippen molar-refractivity contribution >= 4 is 5.91 Å². The summed E-state index contributed by atoms with van der Waals surface area (Å²) in [4.78, 5) is 12.1. The molecule has 0 aliphatic carbocycles. The van der Waals surface area contributed by atoms with Crippen LogP contribution in [0, 0.1) is 0 Å². The average molecular weight is 387 g/mol. The standard InChI is InChI=1S/C22H29NO5/c1-25-18-10-9-17(20(15-18)27-3)12-13-23-22(24)7-5-6-16-8-11-19(26-2)21(14-16)28-4/h8-11,14-15H,5-7,12-13H2,1-4H3,(H,23,24). The van der Waals surface area contributed by atoms with Crippen LogP contribution in [0.4, 0.5) is 0 Å². The fourth-order valence-electron chi connectivity index (χ4n) is 2.97. The highest BCUT2D eigenvalue weighted by molar-refractivity contribution is 5.75. The van der Waals surface area contributed by atoms with Crippen molar-refractivity contribution in [3.63, 3.8) is 0 Å². The molecule has 0 fully saturated rings. The van der Waals surface area contributed by atoms with Crippen molar-refractivity contribution < 1.29 is 23.7 Å². The van der Waals surface area contributed by atoms with Crippen LogP contribution in [0.1, 0.15) is 24.0 Å². The van der Waals surface area contributed by atoms with E-state index in [1.807, 2.05) is 36.4 Å². The third kappa shape index (κ3) is 6.08. The monoisotopic (exact) mass is 387 g/mol. The topological polar surface area (TPSA) is 66.0 Å². The Bertz CT molecular complexity index is 776.